The summed E-state index contributed by atoms with van der Waals surface area (Å²) in [4.78, 5) is 8.10. The number of nitrogens with zero attached hydrogens (tertiary/aromatic N) is 1. The van der Waals surface area contributed by atoms with Crippen molar-refractivity contribution in [2.75, 3.05) is 0 Å². The summed E-state index contributed by atoms with van der Waals surface area (Å²) in [7, 11) is 0. The summed E-state index contributed by atoms with van der Waals surface area (Å²) in [5.74, 6) is -0.330. The van der Waals surface area contributed by atoms with Crippen LogP contribution in [0, 0.1) is 33.5 Å². The number of benzene rings is 2. The molecule has 2 aromatic carbocycles. The zero-order chi connectivity index (χ0) is 33.9. The van der Waals surface area contributed by atoms with E-state index in [2.05, 4.69) is 23.8 Å². The predicted molar refractivity (Wildman–Crippen MR) is 169 cm³/mol. The van der Waals surface area contributed by atoms with Gasteiger partial charge in [-0.2, -0.15) is 26.3 Å². The molecule has 1 aliphatic heterocycles. The standard InChI is InChI=1S/C29H28F4N2.C3H8.C2H6.CHF3/c1-15-10-9-11-16(2)24(15)26(27-17(3)22(19(5)34-27)14-29(31,32)33)28-18(4)25(20(6)35-28)21-12-7-8-13-23(21)30;1-3-2;1-2;2-1(3)4/h7-13,35H,14H2,1-6H3;3H2,1-2H3;1-2H3;1H/b27-26-;;;. The predicted octanol–water partition coefficient (Wildman–Crippen LogP) is 12.2. The Morgan fingerprint density at radius 1 is 0.841 bits per heavy atom. The Morgan fingerprint density at radius 3 is 1.82 bits per heavy atom. The summed E-state index contributed by atoms with van der Waals surface area (Å²) in [6.45, 7) is 15.7. The third-order valence-corrected chi connectivity index (χ3v) is 6.70. The number of rotatable bonds is 4. The van der Waals surface area contributed by atoms with Crippen LogP contribution in [0.2, 0.25) is 0 Å². The number of aromatic nitrogens is 1. The maximum absolute atomic E-state index is 14.8. The van der Waals surface area contributed by atoms with Crippen molar-refractivity contribution in [3.63, 3.8) is 0 Å². The van der Waals surface area contributed by atoms with Gasteiger partial charge in [0.1, 0.15) is 5.82 Å². The van der Waals surface area contributed by atoms with Gasteiger partial charge < -0.3 is 4.98 Å². The van der Waals surface area contributed by atoms with Crippen LogP contribution in [-0.2, 0) is 0 Å². The highest BCUT2D eigenvalue weighted by Crippen LogP contribution is 2.43. The average Bonchev–Trinajstić information content (AvgIpc) is 3.36. The Morgan fingerprint density at radius 2 is 1.34 bits per heavy atom. The number of aliphatic imine (C=N–C) groups is 1. The molecule has 44 heavy (non-hydrogen) atoms. The molecule has 0 amide bonds. The fraction of sp³-hybridized carbons (Fsp3) is 0.400. The van der Waals surface area contributed by atoms with E-state index in [1.165, 1.54) is 12.5 Å². The second-order valence-electron chi connectivity index (χ2n) is 10.1. The lowest BCUT2D eigenvalue weighted by atomic mass is 9.88. The summed E-state index contributed by atoms with van der Waals surface area (Å²) < 4.78 is 83.8. The van der Waals surface area contributed by atoms with Gasteiger partial charge in [-0.1, -0.05) is 70.5 Å². The van der Waals surface area contributed by atoms with Crippen LogP contribution >= 0.6 is 0 Å². The maximum atomic E-state index is 14.8. The first-order chi connectivity index (χ1) is 20.5. The minimum atomic E-state index is -4.33. The number of hydrogen-bond donors (Lipinski definition) is 1. The van der Waals surface area contributed by atoms with Crippen LogP contribution in [0.15, 0.2) is 64.3 Å². The number of allylic oxidation sites excluding steroid dienone is 2. The molecule has 0 saturated carbocycles. The Balaban J connectivity index is 0.000000961. The molecule has 242 valence electrons. The Hall–Kier alpha value is -3.62. The van der Waals surface area contributed by atoms with Crippen molar-refractivity contribution < 1.29 is 30.7 Å². The second-order valence-corrected chi connectivity index (χ2v) is 10.1. The molecular weight excluding hydrogens is 581 g/mol. The van der Waals surface area contributed by atoms with Crippen LogP contribution in [-0.4, -0.2) is 23.6 Å². The van der Waals surface area contributed by atoms with Gasteiger partial charge in [0.05, 0.1) is 17.8 Å². The molecule has 0 aliphatic carbocycles. The minimum Gasteiger partial charge on any atom is -0.358 e. The first-order valence-corrected chi connectivity index (χ1v) is 14.6. The van der Waals surface area contributed by atoms with Gasteiger partial charge in [-0.05, 0) is 81.0 Å². The van der Waals surface area contributed by atoms with Gasteiger partial charge in [0.25, 0.3) is 0 Å². The van der Waals surface area contributed by atoms with E-state index >= 15 is 0 Å². The number of hydrogen-bond acceptors (Lipinski definition) is 1. The molecule has 4 rings (SSSR count). The molecule has 0 atom stereocenters. The Labute approximate surface area is 256 Å². The summed E-state index contributed by atoms with van der Waals surface area (Å²) in [5.41, 5.74) is 8.77. The molecule has 1 N–H and O–H groups in total. The van der Waals surface area contributed by atoms with Crippen molar-refractivity contribution in [3.8, 4) is 11.1 Å². The Bertz CT molecular complexity index is 1470. The summed E-state index contributed by atoms with van der Waals surface area (Å²) in [6.07, 6.45) is -4.11. The molecule has 9 heteroatoms. The van der Waals surface area contributed by atoms with Gasteiger partial charge in [0.2, 0.25) is 0 Å². The molecular formula is C35H43F7N2. The van der Waals surface area contributed by atoms with Crippen LogP contribution in [0.5, 0.6) is 0 Å². The van der Waals surface area contributed by atoms with Gasteiger partial charge in [0, 0.05) is 28.1 Å². The maximum Gasteiger partial charge on any atom is 0.393 e. The van der Waals surface area contributed by atoms with Crippen molar-refractivity contribution in [1.82, 2.24) is 4.98 Å². The van der Waals surface area contributed by atoms with E-state index in [0.717, 1.165) is 44.8 Å². The number of nitrogens with one attached hydrogen (secondary N) is 1. The van der Waals surface area contributed by atoms with Gasteiger partial charge in [-0.15, -0.1) is 0 Å². The van der Waals surface area contributed by atoms with Crippen molar-refractivity contribution >= 4 is 11.3 Å². The first kappa shape index (κ1) is 38.4. The summed E-state index contributed by atoms with van der Waals surface area (Å²) in [5, 5.41) is 0. The van der Waals surface area contributed by atoms with Crippen molar-refractivity contribution in [2.24, 2.45) is 4.99 Å². The van der Waals surface area contributed by atoms with Crippen molar-refractivity contribution in [3.05, 3.63) is 98.8 Å². The summed E-state index contributed by atoms with van der Waals surface area (Å²) >= 11 is 0. The number of alkyl halides is 6. The fourth-order valence-electron chi connectivity index (χ4n) is 5.08. The van der Waals surface area contributed by atoms with Gasteiger partial charge in [-0.3, -0.25) is 4.99 Å². The number of aromatic amines is 1. The molecule has 0 saturated heterocycles. The molecule has 0 unspecified atom stereocenters. The van der Waals surface area contributed by atoms with E-state index in [4.69, 9.17) is 0 Å². The monoisotopic (exact) mass is 624 g/mol. The third-order valence-electron chi connectivity index (χ3n) is 6.70. The fourth-order valence-corrected chi connectivity index (χ4v) is 5.08. The van der Waals surface area contributed by atoms with Crippen LogP contribution < -0.4 is 0 Å². The van der Waals surface area contributed by atoms with E-state index in [9.17, 15) is 30.7 Å². The smallest absolute Gasteiger partial charge is 0.358 e. The van der Waals surface area contributed by atoms with Gasteiger partial charge >= 0.3 is 12.9 Å². The lowest BCUT2D eigenvalue weighted by molar-refractivity contribution is -0.126. The van der Waals surface area contributed by atoms with E-state index in [0.29, 0.717) is 22.5 Å². The van der Waals surface area contributed by atoms with Gasteiger partial charge in [0.15, 0.2) is 0 Å². The molecule has 3 aromatic rings. The molecule has 0 fully saturated rings. The highest BCUT2D eigenvalue weighted by atomic mass is 19.4. The lowest BCUT2D eigenvalue weighted by Crippen LogP contribution is -2.12. The molecule has 2 heterocycles. The van der Waals surface area contributed by atoms with E-state index < -0.39 is 19.3 Å². The zero-order valence-electron chi connectivity index (χ0n) is 27.1. The molecule has 2 nitrogen and oxygen atoms in total. The average molecular weight is 625 g/mol. The molecule has 1 aromatic heterocycles. The highest BCUT2D eigenvalue weighted by Gasteiger charge is 2.34. The number of halogens is 7. The van der Waals surface area contributed by atoms with E-state index in [1.54, 1.807) is 32.0 Å². The van der Waals surface area contributed by atoms with Crippen LogP contribution in [0.1, 0.15) is 88.0 Å². The first-order valence-electron chi connectivity index (χ1n) is 14.6. The quantitative estimate of drug-likeness (QED) is 0.280. The topological polar surface area (TPSA) is 28.1 Å². The van der Waals surface area contributed by atoms with Crippen LogP contribution in [0.3, 0.4) is 0 Å². The third kappa shape index (κ3) is 9.69. The van der Waals surface area contributed by atoms with Crippen LogP contribution in [0.4, 0.5) is 30.7 Å². The normalized spacial score (nSPS) is 13.8. The SMILES string of the molecule is CC.CC1=N/C(=C(\c2[nH]c(C)c(-c3ccccc3F)c2C)c2c(C)cccc2C)C(C)=C1CC(F)(F)F.CCC.FC(F)F. The zero-order valence-corrected chi connectivity index (χ0v) is 27.1. The molecule has 0 bridgehead atoms. The minimum absolute atomic E-state index is 0.200. The molecule has 0 spiro atoms. The Kier molecular flexibility index (Phi) is 14.9. The number of aryl methyl sites for hydroxylation is 3. The molecule has 0 radical (unpaired) electrons. The number of H-pyrrole nitrogens is 1. The molecule has 1 aliphatic rings. The summed E-state index contributed by atoms with van der Waals surface area (Å²) in [6, 6.07) is 12.5. The van der Waals surface area contributed by atoms with Crippen molar-refractivity contribution in [1.29, 1.82) is 0 Å². The van der Waals surface area contributed by atoms with E-state index in [1.807, 2.05) is 59.7 Å². The lowest BCUT2D eigenvalue weighted by Gasteiger charge is -2.17. The van der Waals surface area contributed by atoms with E-state index in [-0.39, 0.29) is 11.4 Å². The van der Waals surface area contributed by atoms with Gasteiger partial charge in [-0.25, -0.2) is 4.39 Å². The van der Waals surface area contributed by atoms with Crippen molar-refractivity contribution in [2.45, 2.75) is 94.9 Å². The highest BCUT2D eigenvalue weighted by molar-refractivity contribution is 6.06. The second kappa shape index (κ2) is 17.0. The van der Waals surface area contributed by atoms with Crippen LogP contribution in [0.25, 0.3) is 16.7 Å². The largest absolute Gasteiger partial charge is 0.393 e.